The van der Waals surface area contributed by atoms with Crippen molar-refractivity contribution in [1.29, 1.82) is 0 Å². The summed E-state index contributed by atoms with van der Waals surface area (Å²) in [5, 5.41) is 13.9. The maximum Gasteiger partial charge on any atom is 0.259 e. The Balaban J connectivity index is 0.0000000996. The molecule has 25 heteroatoms. The van der Waals surface area contributed by atoms with E-state index in [0.29, 0.717) is 40.1 Å². The number of anilines is 1. The van der Waals surface area contributed by atoms with Gasteiger partial charge in [0.25, 0.3) is 16.7 Å². The van der Waals surface area contributed by atoms with Gasteiger partial charge in [0, 0.05) is 133 Å². The van der Waals surface area contributed by atoms with Gasteiger partial charge in [-0.05, 0) is 222 Å². The van der Waals surface area contributed by atoms with Crippen molar-refractivity contribution in [3.8, 4) is 39.9 Å². The van der Waals surface area contributed by atoms with E-state index in [1.165, 1.54) is 11.1 Å². The lowest BCUT2D eigenvalue weighted by Crippen LogP contribution is -2.26. The van der Waals surface area contributed by atoms with Crippen LogP contribution in [0.4, 0.5) is 5.69 Å². The molecule has 0 amide bonds. The molecule has 16 heterocycles. The number of rotatable bonds is 8. The van der Waals surface area contributed by atoms with Crippen molar-refractivity contribution < 1.29 is 9.47 Å². The number of hydrogen-bond acceptors (Lipinski definition) is 18. The first-order valence-corrected chi connectivity index (χ1v) is 39.5. The van der Waals surface area contributed by atoms with E-state index in [1.807, 2.05) is 171 Å². The normalized spacial score (nSPS) is 12.8. The fourth-order valence-corrected chi connectivity index (χ4v) is 16.6. The molecule has 1 atom stereocenters. The topological polar surface area (TPSA) is 347 Å². The van der Waals surface area contributed by atoms with Crippen molar-refractivity contribution >= 4 is 181 Å². The molecule has 23 aromatic rings. The molecule has 121 heavy (non-hydrogen) atoms. The highest BCUT2D eigenvalue weighted by atomic mass is 16.5. The standard InChI is InChI=1S/C25H19N5O.C24H19N5O2.C24H17N5O.C23H15N5O/c1-13(2)14-7-8-19-15(11-14)12-18(25(31)28-19)24-29-22-16-5-3-9-26-20(16)21-17(23(22)30-24)6-4-10-27-21;1-30-14-7-8-18-13(11-14)12-17(24(27-18)31-2)23-28-21-15-5-3-9-25-19(15)20-16(22(21)29-23)6-4-10-26-20;1-2-13-7-8-18-14(11-13)12-17(24(30)27-18)23-28-21-15-5-3-9-25-19(15)20-16(22(21)29-23)6-4-10-26-20;1-12-6-7-17-13(10-12)11-16(23(29)26-17)22-27-20-14-4-2-8-24-18(14)19-15(21(20)28-22)5-3-9-25-19/h3-13H,1-2H3,(H,28,31)(H,29,30);3-12,24,27H,1-2H3,(H,28,29);3-12H,2H2,1H3,(H,27,30)(H,28,29);2-11H,1H3,(H,26,29)(H,27,28). The number of pyridine rings is 11. The minimum Gasteiger partial charge on any atom is -0.497 e. The predicted octanol–water partition coefficient (Wildman–Crippen LogP) is 19.1. The lowest BCUT2D eigenvalue weighted by Gasteiger charge is -2.26. The van der Waals surface area contributed by atoms with E-state index >= 15 is 0 Å². The smallest absolute Gasteiger partial charge is 0.259 e. The highest BCUT2D eigenvalue weighted by Crippen LogP contribution is 2.41. The van der Waals surface area contributed by atoms with Gasteiger partial charge < -0.3 is 49.7 Å². The van der Waals surface area contributed by atoms with Crippen LogP contribution in [-0.4, -0.2) is 115 Å². The second-order valence-electron chi connectivity index (χ2n) is 30.1. The lowest BCUT2D eigenvalue weighted by atomic mass is 10.0. The number of methoxy groups -OCH3 is 2. The van der Waals surface area contributed by atoms with Crippen LogP contribution in [0.1, 0.15) is 54.8 Å². The van der Waals surface area contributed by atoms with Gasteiger partial charge in [0.15, 0.2) is 6.23 Å². The molecule has 15 aromatic heterocycles. The van der Waals surface area contributed by atoms with E-state index in [-0.39, 0.29) is 22.9 Å². The van der Waals surface area contributed by atoms with Crippen LogP contribution in [0.15, 0.2) is 252 Å². The van der Waals surface area contributed by atoms with Crippen molar-refractivity contribution in [2.24, 2.45) is 0 Å². The Morgan fingerprint density at radius 3 is 1.11 bits per heavy atom. The summed E-state index contributed by atoms with van der Waals surface area (Å²) in [7, 11) is 3.35. The Labute approximate surface area is 684 Å². The molecule has 1 aliphatic rings. The summed E-state index contributed by atoms with van der Waals surface area (Å²) in [5.41, 5.74) is 23.2. The number of ether oxygens (including phenoxy) is 2. The summed E-state index contributed by atoms with van der Waals surface area (Å²) in [5.74, 6) is 3.55. The molecule has 0 saturated carbocycles. The largest absolute Gasteiger partial charge is 0.497 e. The van der Waals surface area contributed by atoms with Crippen LogP contribution in [0.25, 0.3) is 210 Å². The van der Waals surface area contributed by atoms with Crippen molar-refractivity contribution in [1.82, 2.24) is 94.7 Å². The number of aromatic amines is 7. The molecule has 1 unspecified atom stereocenters. The molecule has 584 valence electrons. The molecule has 0 radical (unpaired) electrons. The van der Waals surface area contributed by atoms with Crippen LogP contribution in [0.3, 0.4) is 0 Å². The fraction of sp³-hybridized carbons (Fsp3) is 0.0938. The molecule has 0 fully saturated rings. The summed E-state index contributed by atoms with van der Waals surface area (Å²) in [4.78, 5) is 117. The van der Waals surface area contributed by atoms with Crippen molar-refractivity contribution in [3.05, 3.63) is 297 Å². The van der Waals surface area contributed by atoms with Crippen LogP contribution in [-0.2, 0) is 11.2 Å². The molecule has 8 aromatic carbocycles. The van der Waals surface area contributed by atoms with Gasteiger partial charge in [-0.15, -0.1) is 0 Å². The number of hydrogen-bond donors (Lipinski definition) is 8. The maximum atomic E-state index is 12.9. The van der Waals surface area contributed by atoms with Gasteiger partial charge in [-0.25, -0.2) is 19.9 Å². The van der Waals surface area contributed by atoms with Crippen LogP contribution < -0.4 is 26.7 Å². The Bertz CT molecular complexity index is 8180. The second-order valence-corrected chi connectivity index (χ2v) is 30.1. The second kappa shape index (κ2) is 29.2. The fourth-order valence-electron chi connectivity index (χ4n) is 16.6. The molecule has 25 nitrogen and oxygen atoms in total. The molecule has 0 aliphatic carbocycles. The monoisotopic (exact) mass is 1580 g/mol. The molecule has 1 aliphatic heterocycles. The van der Waals surface area contributed by atoms with E-state index in [4.69, 9.17) is 29.4 Å². The Morgan fingerprint density at radius 1 is 0.364 bits per heavy atom. The van der Waals surface area contributed by atoms with E-state index in [9.17, 15) is 14.4 Å². The first kappa shape index (κ1) is 72.5. The molecule has 0 saturated heterocycles. The predicted molar refractivity (Wildman–Crippen MR) is 481 cm³/mol. The summed E-state index contributed by atoms with van der Waals surface area (Å²) < 4.78 is 11.1. The summed E-state index contributed by atoms with van der Waals surface area (Å²) in [6.45, 7) is 8.46. The number of aryl methyl sites for hydroxylation is 2. The third-order valence-electron chi connectivity index (χ3n) is 22.5. The molecule has 0 spiro atoms. The summed E-state index contributed by atoms with van der Waals surface area (Å²) in [6, 6.07) is 61.1. The van der Waals surface area contributed by atoms with E-state index in [0.717, 1.165) is 204 Å². The number of benzene rings is 8. The Kier molecular flexibility index (Phi) is 17.5. The summed E-state index contributed by atoms with van der Waals surface area (Å²) in [6.07, 6.45) is 16.8. The van der Waals surface area contributed by atoms with Gasteiger partial charge >= 0.3 is 0 Å². The molecular weight excluding hydrogens is 1510 g/mol. The zero-order valence-corrected chi connectivity index (χ0v) is 65.9. The average molecular weight is 1580 g/mol. The minimum atomic E-state index is -0.338. The average Bonchev–Trinajstić information content (AvgIpc) is 1.63. The van der Waals surface area contributed by atoms with Crippen LogP contribution >= 0.6 is 0 Å². The van der Waals surface area contributed by atoms with E-state index in [2.05, 4.69) is 131 Å². The lowest BCUT2D eigenvalue weighted by molar-refractivity contribution is 0.169. The number of imidazole rings is 4. The van der Waals surface area contributed by atoms with Gasteiger partial charge in [-0.2, -0.15) is 0 Å². The van der Waals surface area contributed by atoms with Crippen molar-refractivity contribution in [3.63, 3.8) is 0 Å². The Morgan fingerprint density at radius 2 is 0.719 bits per heavy atom. The zero-order valence-electron chi connectivity index (χ0n) is 65.9. The quantitative estimate of drug-likeness (QED) is 0.0655. The number of aromatic nitrogens is 19. The molecule has 24 rings (SSSR count). The van der Waals surface area contributed by atoms with Crippen LogP contribution in [0, 0.1) is 6.92 Å². The molecule has 0 bridgehead atoms. The first-order chi connectivity index (χ1) is 59.3. The van der Waals surface area contributed by atoms with Gasteiger partial charge in [-0.3, -0.25) is 54.3 Å². The Hall–Kier alpha value is -16.2. The molecule has 8 N–H and O–H groups in total. The van der Waals surface area contributed by atoms with Gasteiger partial charge in [0.1, 0.15) is 29.0 Å². The highest BCUT2D eigenvalue weighted by molar-refractivity contribution is 6.24. The maximum absolute atomic E-state index is 12.9. The van der Waals surface area contributed by atoms with Gasteiger partial charge in [0.05, 0.1) is 112 Å². The number of H-pyrrole nitrogens is 7. The third-order valence-corrected chi connectivity index (χ3v) is 22.5. The van der Waals surface area contributed by atoms with Gasteiger partial charge in [-0.1, -0.05) is 44.5 Å². The van der Waals surface area contributed by atoms with E-state index < -0.39 is 0 Å². The number of fused-ring (bicyclic) bond motifs is 28. The van der Waals surface area contributed by atoms with E-state index in [1.54, 1.807) is 63.8 Å². The minimum absolute atomic E-state index is 0.171. The van der Waals surface area contributed by atoms with Crippen molar-refractivity contribution in [2.75, 3.05) is 19.5 Å². The van der Waals surface area contributed by atoms with Gasteiger partial charge in [0.2, 0.25) is 0 Å². The SMILES string of the molecule is CC(C)c1ccc2[nH]c(=O)c(-c3nc4c5cccnc5c5ncccc5c4[nH]3)cc2c1.CCc1ccc2[nH]c(=O)c(-c3nc4c5cccnc5c5ncccc5c4[nH]3)cc2c1.COc1ccc2c(c1)C=C(c1nc3c4cccnc4c4ncccc4c3[nH]1)C(OC)N2.Cc1ccc2[nH]c(=O)c(-c3nc4c5cccnc5c5ncccc5c4[nH]3)cc2c1. The number of nitrogens with zero attached hydrogens (tertiary/aromatic N) is 12. The van der Waals surface area contributed by atoms with Crippen LogP contribution in [0.5, 0.6) is 5.75 Å². The van der Waals surface area contributed by atoms with Crippen molar-refractivity contribution in [2.45, 2.75) is 46.3 Å². The highest BCUT2D eigenvalue weighted by Gasteiger charge is 2.28. The first-order valence-electron chi connectivity index (χ1n) is 39.5. The third kappa shape index (κ3) is 12.5. The van der Waals surface area contributed by atoms with Crippen LogP contribution in [0.2, 0.25) is 0 Å². The number of nitrogens with one attached hydrogen (secondary N) is 8. The summed E-state index contributed by atoms with van der Waals surface area (Å²) >= 11 is 0. The zero-order chi connectivity index (χ0) is 81.8. The molecular formula is C96H70N20O5.